The molecule has 0 aliphatic rings. The maximum absolute atomic E-state index is 11.0. The van der Waals surface area contributed by atoms with Crippen molar-refractivity contribution in [3.8, 4) is 0 Å². The first kappa shape index (κ1) is 14.4. The standard InChI is InChI=1S/C11H24N2O2/c1-9(2)7-15-6-5-13-8-11(3,4)10(12)14/h9,13H,5-8H2,1-4H3,(H2,12,14). The lowest BCUT2D eigenvalue weighted by atomic mass is 9.93. The van der Waals surface area contributed by atoms with Crippen molar-refractivity contribution < 1.29 is 9.53 Å². The van der Waals surface area contributed by atoms with E-state index in [1.54, 1.807) is 0 Å². The van der Waals surface area contributed by atoms with Crippen molar-refractivity contribution in [1.29, 1.82) is 0 Å². The number of hydrogen-bond donors (Lipinski definition) is 2. The zero-order chi connectivity index (χ0) is 11.9. The number of nitrogens with two attached hydrogens (primary N) is 1. The fraction of sp³-hybridized carbons (Fsp3) is 0.909. The summed E-state index contributed by atoms with van der Waals surface area (Å²) in [4.78, 5) is 11.0. The molecule has 0 saturated carbocycles. The van der Waals surface area contributed by atoms with Gasteiger partial charge in [0, 0.05) is 19.7 Å². The number of carbonyl (C=O) groups is 1. The molecule has 0 radical (unpaired) electrons. The van der Waals surface area contributed by atoms with Gasteiger partial charge in [0.2, 0.25) is 5.91 Å². The lowest BCUT2D eigenvalue weighted by molar-refractivity contribution is -0.125. The van der Waals surface area contributed by atoms with E-state index < -0.39 is 5.41 Å². The molecule has 90 valence electrons. The quantitative estimate of drug-likeness (QED) is 0.589. The van der Waals surface area contributed by atoms with Crippen LogP contribution in [0, 0.1) is 11.3 Å². The summed E-state index contributed by atoms with van der Waals surface area (Å²) in [6.07, 6.45) is 0. The predicted octanol–water partition coefficient (Wildman–Crippen LogP) is 0.760. The molecule has 0 unspecified atom stereocenters. The minimum Gasteiger partial charge on any atom is -0.380 e. The van der Waals surface area contributed by atoms with Crippen LogP contribution in [0.4, 0.5) is 0 Å². The highest BCUT2D eigenvalue weighted by atomic mass is 16.5. The molecule has 1 amide bonds. The van der Waals surface area contributed by atoms with Crippen molar-refractivity contribution >= 4 is 5.91 Å². The van der Waals surface area contributed by atoms with Crippen molar-refractivity contribution in [2.45, 2.75) is 27.7 Å². The highest BCUT2D eigenvalue weighted by Gasteiger charge is 2.23. The van der Waals surface area contributed by atoms with Gasteiger partial charge >= 0.3 is 0 Å². The van der Waals surface area contributed by atoms with Gasteiger partial charge in [-0.05, 0) is 19.8 Å². The van der Waals surface area contributed by atoms with Crippen LogP contribution in [0.2, 0.25) is 0 Å². The lowest BCUT2D eigenvalue weighted by Crippen LogP contribution is -2.41. The van der Waals surface area contributed by atoms with Crippen molar-refractivity contribution in [1.82, 2.24) is 5.32 Å². The van der Waals surface area contributed by atoms with Crippen molar-refractivity contribution in [3.05, 3.63) is 0 Å². The molecular weight excluding hydrogens is 192 g/mol. The van der Waals surface area contributed by atoms with Crippen LogP contribution in [0.25, 0.3) is 0 Å². The van der Waals surface area contributed by atoms with Gasteiger partial charge in [0.15, 0.2) is 0 Å². The van der Waals surface area contributed by atoms with Crippen LogP contribution in [0.3, 0.4) is 0 Å². The maximum Gasteiger partial charge on any atom is 0.224 e. The van der Waals surface area contributed by atoms with Crippen LogP contribution in [0.5, 0.6) is 0 Å². The first-order valence-corrected chi connectivity index (χ1v) is 5.44. The second-order valence-electron chi connectivity index (χ2n) is 4.89. The molecule has 0 bridgehead atoms. The van der Waals surface area contributed by atoms with Gasteiger partial charge in [-0.3, -0.25) is 4.79 Å². The molecule has 0 fully saturated rings. The van der Waals surface area contributed by atoms with Gasteiger partial charge in [0.25, 0.3) is 0 Å². The number of hydrogen-bond acceptors (Lipinski definition) is 3. The molecule has 0 aromatic rings. The summed E-state index contributed by atoms with van der Waals surface area (Å²) in [5, 5.41) is 3.15. The normalized spacial score (nSPS) is 12.1. The smallest absolute Gasteiger partial charge is 0.224 e. The van der Waals surface area contributed by atoms with E-state index in [1.165, 1.54) is 0 Å². The number of rotatable bonds is 8. The van der Waals surface area contributed by atoms with Gasteiger partial charge in [-0.2, -0.15) is 0 Å². The predicted molar refractivity (Wildman–Crippen MR) is 61.5 cm³/mol. The fourth-order valence-corrected chi connectivity index (χ4v) is 0.951. The van der Waals surface area contributed by atoms with Crippen molar-refractivity contribution in [2.75, 3.05) is 26.3 Å². The molecule has 0 aliphatic heterocycles. The second-order valence-corrected chi connectivity index (χ2v) is 4.89. The highest BCUT2D eigenvalue weighted by Crippen LogP contribution is 2.11. The number of primary amides is 1. The molecule has 3 N–H and O–H groups in total. The van der Waals surface area contributed by atoms with E-state index >= 15 is 0 Å². The van der Waals surface area contributed by atoms with Crippen LogP contribution in [-0.4, -0.2) is 32.2 Å². The summed E-state index contributed by atoms with van der Waals surface area (Å²) in [6.45, 7) is 10.7. The summed E-state index contributed by atoms with van der Waals surface area (Å²) in [6, 6.07) is 0. The third-order valence-electron chi connectivity index (χ3n) is 2.11. The van der Waals surface area contributed by atoms with E-state index in [-0.39, 0.29) is 5.91 Å². The minimum absolute atomic E-state index is 0.280. The monoisotopic (exact) mass is 216 g/mol. The minimum atomic E-state index is -0.488. The molecule has 4 heteroatoms. The summed E-state index contributed by atoms with van der Waals surface area (Å²) >= 11 is 0. The van der Waals surface area contributed by atoms with Gasteiger partial charge in [0.05, 0.1) is 12.0 Å². The number of ether oxygens (including phenoxy) is 1. The van der Waals surface area contributed by atoms with Crippen molar-refractivity contribution in [2.24, 2.45) is 17.1 Å². The Labute approximate surface area is 92.6 Å². The molecule has 0 aromatic carbocycles. The first-order chi connectivity index (χ1) is 6.86. The van der Waals surface area contributed by atoms with E-state index in [0.29, 0.717) is 19.1 Å². The second kappa shape index (κ2) is 6.80. The molecule has 0 aliphatic carbocycles. The molecule has 0 rings (SSSR count). The Morgan fingerprint density at radius 3 is 2.53 bits per heavy atom. The third kappa shape index (κ3) is 7.33. The molecule has 0 aromatic heterocycles. The SMILES string of the molecule is CC(C)COCCNCC(C)(C)C(N)=O. The third-order valence-corrected chi connectivity index (χ3v) is 2.11. The van der Waals surface area contributed by atoms with E-state index in [9.17, 15) is 4.79 Å². The largest absolute Gasteiger partial charge is 0.380 e. The van der Waals surface area contributed by atoms with E-state index in [2.05, 4.69) is 19.2 Å². The van der Waals surface area contributed by atoms with Crippen LogP contribution in [0.15, 0.2) is 0 Å². The maximum atomic E-state index is 11.0. The molecule has 0 saturated heterocycles. The molecule has 15 heavy (non-hydrogen) atoms. The Kier molecular flexibility index (Phi) is 6.52. The van der Waals surface area contributed by atoms with Gasteiger partial charge in [-0.15, -0.1) is 0 Å². The van der Waals surface area contributed by atoms with Crippen LogP contribution < -0.4 is 11.1 Å². The summed E-state index contributed by atoms with van der Waals surface area (Å²) in [7, 11) is 0. The van der Waals surface area contributed by atoms with E-state index in [4.69, 9.17) is 10.5 Å². The van der Waals surface area contributed by atoms with Crippen LogP contribution in [-0.2, 0) is 9.53 Å². The van der Waals surface area contributed by atoms with Gasteiger partial charge in [-0.25, -0.2) is 0 Å². The Bertz CT molecular complexity index is 191. The molecular formula is C11H24N2O2. The molecule has 0 heterocycles. The van der Waals surface area contributed by atoms with E-state index in [1.807, 2.05) is 13.8 Å². The zero-order valence-electron chi connectivity index (χ0n) is 10.3. The number of carbonyl (C=O) groups excluding carboxylic acids is 1. The van der Waals surface area contributed by atoms with Crippen molar-refractivity contribution in [3.63, 3.8) is 0 Å². The Morgan fingerprint density at radius 2 is 2.07 bits per heavy atom. The number of nitrogens with one attached hydrogen (secondary N) is 1. The average Bonchev–Trinajstić information content (AvgIpc) is 2.10. The highest BCUT2D eigenvalue weighted by molar-refractivity contribution is 5.80. The Hall–Kier alpha value is -0.610. The summed E-state index contributed by atoms with van der Waals surface area (Å²) in [5.41, 5.74) is 4.75. The molecule has 4 nitrogen and oxygen atoms in total. The van der Waals surface area contributed by atoms with Crippen LogP contribution in [0.1, 0.15) is 27.7 Å². The zero-order valence-corrected chi connectivity index (χ0v) is 10.3. The Morgan fingerprint density at radius 1 is 1.47 bits per heavy atom. The summed E-state index contributed by atoms with van der Waals surface area (Å²) in [5.74, 6) is 0.283. The molecule has 0 atom stereocenters. The number of amides is 1. The first-order valence-electron chi connectivity index (χ1n) is 5.44. The fourth-order valence-electron chi connectivity index (χ4n) is 0.951. The van der Waals surface area contributed by atoms with Gasteiger partial charge < -0.3 is 15.8 Å². The van der Waals surface area contributed by atoms with E-state index in [0.717, 1.165) is 13.2 Å². The molecule has 0 spiro atoms. The van der Waals surface area contributed by atoms with Gasteiger partial charge in [0.1, 0.15) is 0 Å². The summed E-state index contributed by atoms with van der Waals surface area (Å²) < 4.78 is 5.39. The van der Waals surface area contributed by atoms with Crippen LogP contribution >= 0.6 is 0 Å². The Balaban J connectivity index is 3.43. The van der Waals surface area contributed by atoms with Gasteiger partial charge in [-0.1, -0.05) is 13.8 Å². The lowest BCUT2D eigenvalue weighted by Gasteiger charge is -2.20. The average molecular weight is 216 g/mol. The topological polar surface area (TPSA) is 64.3 Å².